The van der Waals surface area contributed by atoms with Gasteiger partial charge in [0.1, 0.15) is 0 Å². The molecular weight excluding hydrogens is 293 g/mol. The van der Waals surface area contributed by atoms with Crippen molar-refractivity contribution in [3.63, 3.8) is 0 Å². The van der Waals surface area contributed by atoms with Crippen LogP contribution in [-0.2, 0) is 6.61 Å². The molecule has 0 bridgehead atoms. The molecule has 0 aliphatic heterocycles. The Labute approximate surface area is 129 Å². The van der Waals surface area contributed by atoms with Crippen molar-refractivity contribution in [1.29, 1.82) is 0 Å². The smallest absolute Gasteiger partial charge is 0.0682 e. The van der Waals surface area contributed by atoms with Gasteiger partial charge in [0.2, 0.25) is 0 Å². The molecule has 1 unspecified atom stereocenters. The normalized spacial score (nSPS) is 12.2. The summed E-state index contributed by atoms with van der Waals surface area (Å²) in [6.45, 7) is 2.15. The first-order valence-electron chi connectivity index (χ1n) is 6.55. The molecule has 0 aliphatic rings. The summed E-state index contributed by atoms with van der Waals surface area (Å²) in [6, 6.07) is 13.6. The Hall–Kier alpha value is -1.22. The van der Waals surface area contributed by atoms with Crippen LogP contribution in [0.2, 0.25) is 10.0 Å². The van der Waals surface area contributed by atoms with Crippen molar-refractivity contribution in [1.82, 2.24) is 0 Å². The highest BCUT2D eigenvalue weighted by atomic mass is 35.5. The topological polar surface area (TPSA) is 32.3 Å². The number of rotatable bonds is 5. The molecule has 0 heterocycles. The van der Waals surface area contributed by atoms with Crippen molar-refractivity contribution < 1.29 is 5.11 Å². The predicted octanol–water partition coefficient (Wildman–Crippen LogP) is 5.05. The van der Waals surface area contributed by atoms with E-state index in [-0.39, 0.29) is 12.6 Å². The summed E-state index contributed by atoms with van der Waals surface area (Å²) in [4.78, 5) is 0. The molecule has 2 aromatic rings. The Balaban J connectivity index is 2.21. The largest absolute Gasteiger partial charge is 0.392 e. The molecule has 2 aromatic carbocycles. The Bertz CT molecular complexity index is 586. The summed E-state index contributed by atoms with van der Waals surface area (Å²) in [7, 11) is 0. The third-order valence-electron chi connectivity index (χ3n) is 3.20. The van der Waals surface area contributed by atoms with E-state index in [1.165, 1.54) is 0 Å². The number of anilines is 1. The Morgan fingerprint density at radius 1 is 1.10 bits per heavy atom. The van der Waals surface area contributed by atoms with E-state index in [4.69, 9.17) is 23.2 Å². The van der Waals surface area contributed by atoms with Crippen LogP contribution in [0.1, 0.15) is 30.5 Å². The molecule has 0 fully saturated rings. The molecule has 0 aromatic heterocycles. The number of nitrogens with one attached hydrogen (secondary N) is 1. The third kappa shape index (κ3) is 3.66. The second-order valence-corrected chi connectivity index (χ2v) is 5.45. The van der Waals surface area contributed by atoms with E-state index in [0.29, 0.717) is 10.0 Å². The first kappa shape index (κ1) is 15.2. The van der Waals surface area contributed by atoms with Gasteiger partial charge in [-0.05, 0) is 41.8 Å². The highest BCUT2D eigenvalue weighted by Gasteiger charge is 2.11. The molecular formula is C16H17Cl2NO. The van der Waals surface area contributed by atoms with E-state index in [0.717, 1.165) is 23.2 Å². The molecule has 2 rings (SSSR count). The van der Waals surface area contributed by atoms with Gasteiger partial charge >= 0.3 is 0 Å². The lowest BCUT2D eigenvalue weighted by Gasteiger charge is -2.19. The second kappa shape index (κ2) is 6.98. The van der Waals surface area contributed by atoms with Gasteiger partial charge in [0.05, 0.1) is 22.7 Å². The summed E-state index contributed by atoms with van der Waals surface area (Å²) in [5, 5.41) is 13.8. The molecule has 2 N–H and O–H groups in total. The summed E-state index contributed by atoms with van der Waals surface area (Å²) in [5.41, 5.74) is 2.96. The van der Waals surface area contributed by atoms with Crippen LogP contribution in [0.15, 0.2) is 42.5 Å². The van der Waals surface area contributed by atoms with Crippen LogP contribution >= 0.6 is 23.2 Å². The van der Waals surface area contributed by atoms with Crippen molar-refractivity contribution in [2.45, 2.75) is 26.0 Å². The zero-order chi connectivity index (χ0) is 14.5. The average Bonchev–Trinajstić information content (AvgIpc) is 2.48. The number of aliphatic hydroxyl groups excluding tert-OH is 1. The second-order valence-electron chi connectivity index (χ2n) is 4.64. The number of benzene rings is 2. The van der Waals surface area contributed by atoms with Crippen molar-refractivity contribution in [3.8, 4) is 0 Å². The lowest BCUT2D eigenvalue weighted by Crippen LogP contribution is -2.09. The number of halogens is 2. The Kier molecular flexibility index (Phi) is 5.30. The van der Waals surface area contributed by atoms with Crippen LogP contribution in [-0.4, -0.2) is 5.11 Å². The van der Waals surface area contributed by atoms with Crippen LogP contribution in [0, 0.1) is 0 Å². The molecule has 20 heavy (non-hydrogen) atoms. The summed E-state index contributed by atoms with van der Waals surface area (Å²) in [5.74, 6) is 0. The molecule has 0 aliphatic carbocycles. The van der Waals surface area contributed by atoms with Gasteiger partial charge in [-0.25, -0.2) is 0 Å². The summed E-state index contributed by atoms with van der Waals surface area (Å²) in [6.07, 6.45) is 0.918. The Morgan fingerprint density at radius 2 is 1.90 bits per heavy atom. The van der Waals surface area contributed by atoms with Gasteiger partial charge in [0.15, 0.2) is 0 Å². The fraction of sp³-hybridized carbons (Fsp3) is 0.250. The van der Waals surface area contributed by atoms with Gasteiger partial charge in [-0.1, -0.05) is 48.3 Å². The minimum absolute atomic E-state index is 0.0408. The van der Waals surface area contributed by atoms with E-state index in [1.54, 1.807) is 0 Å². The van der Waals surface area contributed by atoms with Crippen LogP contribution in [0.25, 0.3) is 0 Å². The van der Waals surface area contributed by atoms with E-state index >= 15 is 0 Å². The molecule has 0 radical (unpaired) electrons. The fourth-order valence-corrected chi connectivity index (χ4v) is 2.42. The third-order valence-corrected chi connectivity index (χ3v) is 3.94. The van der Waals surface area contributed by atoms with E-state index in [9.17, 15) is 5.11 Å². The molecule has 0 saturated carbocycles. The SMILES string of the molecule is CCC(Nc1cccc(CO)c1)c1ccc(Cl)c(Cl)c1. The number of hydrogen-bond acceptors (Lipinski definition) is 2. The van der Waals surface area contributed by atoms with Crippen LogP contribution in [0.3, 0.4) is 0 Å². The lowest BCUT2D eigenvalue weighted by molar-refractivity contribution is 0.282. The van der Waals surface area contributed by atoms with Crippen LogP contribution in [0.5, 0.6) is 0 Å². The average molecular weight is 310 g/mol. The molecule has 0 amide bonds. The maximum absolute atomic E-state index is 9.18. The maximum atomic E-state index is 9.18. The predicted molar refractivity (Wildman–Crippen MR) is 85.5 cm³/mol. The van der Waals surface area contributed by atoms with Gasteiger partial charge in [-0.2, -0.15) is 0 Å². The monoisotopic (exact) mass is 309 g/mol. The summed E-state index contributed by atoms with van der Waals surface area (Å²) >= 11 is 12.0. The molecule has 106 valence electrons. The first-order valence-corrected chi connectivity index (χ1v) is 7.31. The molecule has 2 nitrogen and oxygen atoms in total. The van der Waals surface area contributed by atoms with E-state index in [1.807, 2.05) is 42.5 Å². The van der Waals surface area contributed by atoms with E-state index in [2.05, 4.69) is 12.2 Å². The van der Waals surface area contributed by atoms with Gasteiger partial charge in [0.25, 0.3) is 0 Å². The standard InChI is InChI=1S/C16H17Cl2NO/c1-2-16(12-6-7-14(17)15(18)9-12)19-13-5-3-4-11(8-13)10-20/h3-9,16,19-20H,2,10H2,1H3. The minimum Gasteiger partial charge on any atom is -0.392 e. The van der Waals surface area contributed by atoms with Crippen molar-refractivity contribution in [2.24, 2.45) is 0 Å². The number of aliphatic hydroxyl groups is 1. The van der Waals surface area contributed by atoms with Crippen molar-refractivity contribution in [2.75, 3.05) is 5.32 Å². The molecule has 0 spiro atoms. The zero-order valence-electron chi connectivity index (χ0n) is 11.2. The molecule has 1 atom stereocenters. The minimum atomic E-state index is 0.0408. The fourth-order valence-electron chi connectivity index (χ4n) is 2.11. The quantitative estimate of drug-likeness (QED) is 0.810. The van der Waals surface area contributed by atoms with E-state index < -0.39 is 0 Å². The van der Waals surface area contributed by atoms with Gasteiger partial charge < -0.3 is 10.4 Å². The number of hydrogen-bond donors (Lipinski definition) is 2. The van der Waals surface area contributed by atoms with Gasteiger partial charge in [-0.15, -0.1) is 0 Å². The maximum Gasteiger partial charge on any atom is 0.0682 e. The zero-order valence-corrected chi connectivity index (χ0v) is 12.7. The molecule has 0 saturated heterocycles. The lowest BCUT2D eigenvalue weighted by atomic mass is 10.0. The highest BCUT2D eigenvalue weighted by molar-refractivity contribution is 6.42. The highest BCUT2D eigenvalue weighted by Crippen LogP contribution is 2.29. The van der Waals surface area contributed by atoms with Crippen molar-refractivity contribution >= 4 is 28.9 Å². The van der Waals surface area contributed by atoms with Gasteiger partial charge in [0, 0.05) is 5.69 Å². The first-order chi connectivity index (χ1) is 9.63. The van der Waals surface area contributed by atoms with Crippen LogP contribution < -0.4 is 5.32 Å². The van der Waals surface area contributed by atoms with Crippen molar-refractivity contribution in [3.05, 3.63) is 63.6 Å². The van der Waals surface area contributed by atoms with Crippen LogP contribution in [0.4, 0.5) is 5.69 Å². The molecule has 4 heteroatoms. The summed E-state index contributed by atoms with van der Waals surface area (Å²) < 4.78 is 0. The Morgan fingerprint density at radius 3 is 2.55 bits per heavy atom. The van der Waals surface area contributed by atoms with Gasteiger partial charge in [-0.3, -0.25) is 0 Å².